The molecule has 200 valence electrons. The molecule has 2 fully saturated rings. The number of aryl methyl sites for hydroxylation is 1. The Kier molecular flexibility index (Phi) is 10.5. The molecule has 2 aromatic rings. The maximum atomic E-state index is 12.9. The van der Waals surface area contributed by atoms with Gasteiger partial charge in [-0.3, -0.25) is 4.79 Å². The standard InChI is InChI=1S/C33H44O4/c1-3-5-6-7-25-8-10-26(11-9-25)27-12-14-30(15-13-27)33(34)37-32-22-18-29(19-23-32)28-16-20-31(21-17-28)36-24-35-4-2/h4,8-11,16-17,20-21,27,29-30,32H,2-3,5-7,12-15,18-19,22-24H2,1H3. The van der Waals surface area contributed by atoms with Crippen LogP contribution in [0.3, 0.4) is 0 Å². The van der Waals surface area contributed by atoms with Gasteiger partial charge in [-0.15, -0.1) is 0 Å². The Balaban J connectivity index is 1.16. The van der Waals surface area contributed by atoms with Crippen molar-refractivity contribution in [1.29, 1.82) is 0 Å². The van der Waals surface area contributed by atoms with Crippen LogP contribution in [0.1, 0.15) is 106 Å². The topological polar surface area (TPSA) is 44.8 Å². The van der Waals surface area contributed by atoms with Gasteiger partial charge in [0.05, 0.1) is 12.2 Å². The second kappa shape index (κ2) is 14.3. The van der Waals surface area contributed by atoms with Crippen LogP contribution in [-0.4, -0.2) is 18.9 Å². The first-order valence-electron chi connectivity index (χ1n) is 14.4. The largest absolute Gasteiger partial charge is 0.466 e. The number of rotatable bonds is 12. The third-order valence-electron chi connectivity index (χ3n) is 8.30. The first-order valence-corrected chi connectivity index (χ1v) is 14.4. The van der Waals surface area contributed by atoms with Crippen molar-refractivity contribution in [3.63, 3.8) is 0 Å². The minimum Gasteiger partial charge on any atom is -0.466 e. The van der Waals surface area contributed by atoms with Crippen LogP contribution in [0.15, 0.2) is 61.4 Å². The van der Waals surface area contributed by atoms with Crippen LogP contribution in [0.4, 0.5) is 0 Å². The second-order valence-electron chi connectivity index (χ2n) is 10.8. The summed E-state index contributed by atoms with van der Waals surface area (Å²) in [5.41, 5.74) is 4.22. The number of benzene rings is 2. The first-order chi connectivity index (χ1) is 18.2. The number of hydrogen-bond donors (Lipinski definition) is 0. The minimum atomic E-state index is 0.0383. The molecule has 4 nitrogen and oxygen atoms in total. The lowest BCUT2D eigenvalue weighted by Gasteiger charge is -2.32. The SMILES string of the molecule is C=COCOc1ccc(C2CCC(OC(=O)C3CCC(c4ccc(CCCCC)cc4)CC3)CC2)cc1. The van der Waals surface area contributed by atoms with Crippen molar-refractivity contribution in [2.24, 2.45) is 5.92 Å². The summed E-state index contributed by atoms with van der Waals surface area (Å²) in [6.45, 7) is 5.93. The molecule has 2 aliphatic carbocycles. The Morgan fingerprint density at radius 1 is 0.838 bits per heavy atom. The van der Waals surface area contributed by atoms with Crippen molar-refractivity contribution >= 4 is 5.97 Å². The zero-order chi connectivity index (χ0) is 25.9. The lowest BCUT2D eigenvalue weighted by molar-refractivity contribution is -0.157. The van der Waals surface area contributed by atoms with Crippen molar-refractivity contribution < 1.29 is 19.0 Å². The van der Waals surface area contributed by atoms with E-state index in [2.05, 4.69) is 49.9 Å². The van der Waals surface area contributed by atoms with E-state index in [4.69, 9.17) is 14.2 Å². The molecule has 0 amide bonds. The van der Waals surface area contributed by atoms with E-state index in [0.717, 1.165) is 57.1 Å². The number of hydrogen-bond acceptors (Lipinski definition) is 4. The molecule has 4 heteroatoms. The van der Waals surface area contributed by atoms with Gasteiger partial charge in [0.15, 0.2) is 0 Å². The highest BCUT2D eigenvalue weighted by molar-refractivity contribution is 5.72. The average molecular weight is 505 g/mol. The van der Waals surface area contributed by atoms with Crippen LogP contribution in [0, 0.1) is 5.92 Å². The summed E-state index contributed by atoms with van der Waals surface area (Å²) in [4.78, 5) is 12.9. The molecule has 4 rings (SSSR count). The van der Waals surface area contributed by atoms with Gasteiger partial charge >= 0.3 is 5.97 Å². The van der Waals surface area contributed by atoms with Crippen LogP contribution >= 0.6 is 0 Å². The molecule has 2 aromatic carbocycles. The third-order valence-corrected chi connectivity index (χ3v) is 8.30. The number of unbranched alkanes of at least 4 members (excludes halogenated alkanes) is 2. The zero-order valence-corrected chi connectivity index (χ0v) is 22.5. The molecular formula is C33H44O4. The van der Waals surface area contributed by atoms with Gasteiger partial charge in [0.25, 0.3) is 0 Å². The highest BCUT2D eigenvalue weighted by Gasteiger charge is 2.31. The van der Waals surface area contributed by atoms with E-state index < -0.39 is 0 Å². The molecule has 0 saturated heterocycles. The molecule has 0 atom stereocenters. The monoisotopic (exact) mass is 504 g/mol. The maximum Gasteiger partial charge on any atom is 0.309 e. The molecule has 37 heavy (non-hydrogen) atoms. The van der Waals surface area contributed by atoms with Crippen molar-refractivity contribution in [1.82, 2.24) is 0 Å². The Morgan fingerprint density at radius 2 is 1.43 bits per heavy atom. The average Bonchev–Trinajstić information content (AvgIpc) is 2.95. The van der Waals surface area contributed by atoms with Crippen LogP contribution in [0.25, 0.3) is 0 Å². The quantitative estimate of drug-likeness (QED) is 0.126. The van der Waals surface area contributed by atoms with Gasteiger partial charge in [-0.2, -0.15) is 0 Å². The molecule has 0 spiro atoms. The molecule has 0 aromatic heterocycles. The van der Waals surface area contributed by atoms with E-state index in [0.29, 0.717) is 11.8 Å². The van der Waals surface area contributed by atoms with Crippen LogP contribution in [0.2, 0.25) is 0 Å². The van der Waals surface area contributed by atoms with Gasteiger partial charge in [0.2, 0.25) is 6.79 Å². The van der Waals surface area contributed by atoms with Crippen LogP contribution in [0.5, 0.6) is 5.75 Å². The van der Waals surface area contributed by atoms with Gasteiger partial charge < -0.3 is 14.2 Å². The molecule has 2 aliphatic rings. The predicted molar refractivity (Wildman–Crippen MR) is 149 cm³/mol. The van der Waals surface area contributed by atoms with E-state index in [1.165, 1.54) is 48.6 Å². The van der Waals surface area contributed by atoms with Crippen LogP contribution < -0.4 is 4.74 Å². The minimum absolute atomic E-state index is 0.0383. The summed E-state index contributed by atoms with van der Waals surface area (Å²) >= 11 is 0. The van der Waals surface area contributed by atoms with Crippen molar-refractivity contribution in [2.45, 2.75) is 102 Å². The highest BCUT2D eigenvalue weighted by Crippen LogP contribution is 2.38. The molecule has 0 radical (unpaired) electrons. The Morgan fingerprint density at radius 3 is 2.03 bits per heavy atom. The third kappa shape index (κ3) is 8.12. The molecule has 0 heterocycles. The Labute approximate surface area is 223 Å². The fourth-order valence-corrected chi connectivity index (χ4v) is 5.96. The molecule has 0 unspecified atom stereocenters. The van der Waals surface area contributed by atoms with E-state index in [-0.39, 0.29) is 24.8 Å². The molecule has 0 aliphatic heterocycles. The number of ether oxygens (including phenoxy) is 3. The highest BCUT2D eigenvalue weighted by atomic mass is 16.7. The fraction of sp³-hybridized carbons (Fsp3) is 0.545. The van der Waals surface area contributed by atoms with Crippen LogP contribution in [-0.2, 0) is 20.7 Å². The smallest absolute Gasteiger partial charge is 0.309 e. The first kappa shape index (κ1) is 27.3. The lowest BCUT2D eigenvalue weighted by Crippen LogP contribution is -2.29. The Hall–Kier alpha value is -2.75. The van der Waals surface area contributed by atoms with Gasteiger partial charge in [-0.25, -0.2) is 0 Å². The summed E-state index contributed by atoms with van der Waals surface area (Å²) in [6, 6.07) is 17.5. The molecule has 0 bridgehead atoms. The summed E-state index contributed by atoms with van der Waals surface area (Å²) in [6.07, 6.45) is 14.5. The van der Waals surface area contributed by atoms with Crippen molar-refractivity contribution in [2.75, 3.05) is 6.79 Å². The Bertz CT molecular complexity index is 949. The zero-order valence-electron chi connectivity index (χ0n) is 22.5. The summed E-state index contributed by atoms with van der Waals surface area (Å²) < 4.78 is 16.5. The van der Waals surface area contributed by atoms with E-state index in [9.17, 15) is 4.79 Å². The normalized spacial score (nSPS) is 23.7. The van der Waals surface area contributed by atoms with Gasteiger partial charge in [0, 0.05) is 0 Å². The summed E-state index contributed by atoms with van der Waals surface area (Å²) in [7, 11) is 0. The fourth-order valence-electron chi connectivity index (χ4n) is 5.96. The number of carbonyl (C=O) groups is 1. The van der Waals surface area contributed by atoms with Crippen molar-refractivity contribution in [3.8, 4) is 5.75 Å². The lowest BCUT2D eigenvalue weighted by atomic mass is 9.78. The second-order valence-corrected chi connectivity index (χ2v) is 10.8. The summed E-state index contributed by atoms with van der Waals surface area (Å²) in [5.74, 6) is 2.00. The van der Waals surface area contributed by atoms with Gasteiger partial charge in [0.1, 0.15) is 11.9 Å². The van der Waals surface area contributed by atoms with E-state index in [1.807, 2.05) is 12.1 Å². The van der Waals surface area contributed by atoms with E-state index >= 15 is 0 Å². The molecular weight excluding hydrogens is 460 g/mol. The predicted octanol–water partition coefficient (Wildman–Crippen LogP) is 8.46. The molecule has 0 N–H and O–H groups in total. The maximum absolute atomic E-state index is 12.9. The number of carbonyl (C=O) groups excluding carboxylic acids is 1. The van der Waals surface area contributed by atoms with Gasteiger partial charge in [-0.05, 0) is 105 Å². The van der Waals surface area contributed by atoms with Crippen molar-refractivity contribution in [3.05, 3.63) is 78.1 Å². The summed E-state index contributed by atoms with van der Waals surface area (Å²) in [5, 5.41) is 0. The number of esters is 1. The van der Waals surface area contributed by atoms with E-state index in [1.54, 1.807) is 0 Å². The van der Waals surface area contributed by atoms with Gasteiger partial charge in [-0.1, -0.05) is 62.7 Å². The molecule has 2 saturated carbocycles.